The van der Waals surface area contributed by atoms with Crippen molar-refractivity contribution in [1.82, 2.24) is 4.57 Å². The lowest BCUT2D eigenvalue weighted by atomic mass is 10.3. The Labute approximate surface area is 82.1 Å². The van der Waals surface area contributed by atoms with Crippen LogP contribution in [-0.4, -0.2) is 4.57 Å². The zero-order valence-corrected chi connectivity index (χ0v) is 8.46. The molecule has 2 aromatic rings. The summed E-state index contributed by atoms with van der Waals surface area (Å²) in [6.07, 6.45) is 0. The van der Waals surface area contributed by atoms with Gasteiger partial charge >= 0.3 is 5.76 Å². The number of hydrogen-bond donors (Lipinski definition) is 1. The van der Waals surface area contributed by atoms with E-state index in [1.165, 1.54) is 4.57 Å². The number of nitrogens with two attached hydrogens (primary N) is 1. The number of nitrogens with zero attached hydrogens (tertiary/aromatic N) is 1. The van der Waals surface area contributed by atoms with E-state index in [9.17, 15) is 4.79 Å². The van der Waals surface area contributed by atoms with Crippen LogP contribution in [0.3, 0.4) is 0 Å². The highest BCUT2D eigenvalue weighted by molar-refractivity contribution is 9.10. The van der Waals surface area contributed by atoms with E-state index in [-0.39, 0.29) is 5.76 Å². The first-order valence-corrected chi connectivity index (χ1v) is 4.43. The van der Waals surface area contributed by atoms with Crippen molar-refractivity contribution in [2.75, 3.05) is 5.73 Å². The number of fused-ring (bicyclic) bond motifs is 1. The molecule has 5 heteroatoms. The molecule has 0 fully saturated rings. The molecule has 0 unspecified atom stereocenters. The maximum Gasteiger partial charge on any atom is 0.419 e. The molecular formula is C8H7BrN2O2. The van der Waals surface area contributed by atoms with Crippen LogP contribution in [0.5, 0.6) is 0 Å². The number of benzene rings is 1. The molecule has 2 N–H and O–H groups in total. The number of oxazole rings is 1. The van der Waals surface area contributed by atoms with E-state index >= 15 is 0 Å². The molecule has 0 aliphatic carbocycles. The third kappa shape index (κ3) is 1.16. The molecule has 0 amide bonds. The van der Waals surface area contributed by atoms with Gasteiger partial charge in [0.2, 0.25) is 0 Å². The molecule has 0 saturated carbocycles. The molecule has 0 radical (unpaired) electrons. The van der Waals surface area contributed by atoms with Crippen LogP contribution < -0.4 is 11.5 Å². The first-order valence-electron chi connectivity index (χ1n) is 3.64. The first kappa shape index (κ1) is 8.37. The molecule has 0 saturated heterocycles. The fourth-order valence-electron chi connectivity index (χ4n) is 1.16. The van der Waals surface area contributed by atoms with Gasteiger partial charge in [-0.25, -0.2) is 4.79 Å². The zero-order valence-electron chi connectivity index (χ0n) is 6.87. The number of rotatable bonds is 0. The van der Waals surface area contributed by atoms with Crippen LogP contribution in [0, 0.1) is 0 Å². The van der Waals surface area contributed by atoms with Crippen molar-refractivity contribution in [2.24, 2.45) is 7.05 Å². The fourth-order valence-corrected chi connectivity index (χ4v) is 1.49. The van der Waals surface area contributed by atoms with Crippen LogP contribution in [0.4, 0.5) is 5.69 Å². The van der Waals surface area contributed by atoms with Gasteiger partial charge in [-0.05, 0) is 22.0 Å². The summed E-state index contributed by atoms with van der Waals surface area (Å²) >= 11 is 3.28. The van der Waals surface area contributed by atoms with E-state index in [0.717, 1.165) is 9.99 Å². The Balaban J connectivity index is 2.97. The van der Waals surface area contributed by atoms with Crippen molar-refractivity contribution in [3.05, 3.63) is 27.2 Å². The molecule has 1 aromatic heterocycles. The summed E-state index contributed by atoms with van der Waals surface area (Å²) in [5, 5.41) is 0. The molecule has 2 rings (SSSR count). The van der Waals surface area contributed by atoms with Gasteiger partial charge in [-0.3, -0.25) is 4.57 Å². The van der Waals surface area contributed by atoms with Crippen LogP contribution in [-0.2, 0) is 7.05 Å². The normalized spacial score (nSPS) is 10.9. The summed E-state index contributed by atoms with van der Waals surface area (Å²) in [7, 11) is 1.65. The monoisotopic (exact) mass is 242 g/mol. The number of halogens is 1. The molecule has 4 nitrogen and oxygen atoms in total. The molecular weight excluding hydrogens is 236 g/mol. The Hall–Kier alpha value is -1.23. The van der Waals surface area contributed by atoms with Gasteiger partial charge in [0, 0.05) is 23.3 Å². The SMILES string of the molecule is Cn1c(=O)oc2cc(N)c(Br)cc21. The summed E-state index contributed by atoms with van der Waals surface area (Å²) in [5.41, 5.74) is 7.42. The van der Waals surface area contributed by atoms with Crippen LogP contribution in [0.2, 0.25) is 0 Å². The summed E-state index contributed by atoms with van der Waals surface area (Å²) in [5.74, 6) is -0.382. The highest BCUT2D eigenvalue weighted by Gasteiger charge is 2.07. The van der Waals surface area contributed by atoms with Gasteiger partial charge in [-0.1, -0.05) is 0 Å². The Morgan fingerprint density at radius 2 is 2.23 bits per heavy atom. The molecule has 0 bridgehead atoms. The molecule has 0 spiro atoms. The maximum atomic E-state index is 11.1. The lowest BCUT2D eigenvalue weighted by Crippen LogP contribution is -2.08. The Bertz CT molecular complexity index is 527. The van der Waals surface area contributed by atoms with Crippen LogP contribution >= 0.6 is 15.9 Å². The predicted molar refractivity (Wildman–Crippen MR) is 53.6 cm³/mol. The van der Waals surface area contributed by atoms with Gasteiger partial charge in [-0.15, -0.1) is 0 Å². The van der Waals surface area contributed by atoms with Gasteiger partial charge in [0.05, 0.1) is 5.52 Å². The van der Waals surface area contributed by atoms with Crippen molar-refractivity contribution >= 4 is 32.7 Å². The van der Waals surface area contributed by atoms with Gasteiger partial charge in [0.1, 0.15) is 0 Å². The van der Waals surface area contributed by atoms with Gasteiger partial charge < -0.3 is 10.2 Å². The fraction of sp³-hybridized carbons (Fsp3) is 0.125. The second kappa shape index (κ2) is 2.63. The first-order chi connectivity index (χ1) is 6.09. The average molecular weight is 243 g/mol. The minimum atomic E-state index is -0.382. The molecule has 68 valence electrons. The molecule has 0 atom stereocenters. The third-order valence-electron chi connectivity index (χ3n) is 1.91. The van der Waals surface area contributed by atoms with Crippen molar-refractivity contribution in [2.45, 2.75) is 0 Å². The Kier molecular flexibility index (Phi) is 1.69. The maximum absolute atomic E-state index is 11.1. The van der Waals surface area contributed by atoms with E-state index in [0.29, 0.717) is 11.3 Å². The van der Waals surface area contributed by atoms with Gasteiger partial charge in [-0.2, -0.15) is 0 Å². The van der Waals surface area contributed by atoms with Gasteiger partial charge in [0.25, 0.3) is 0 Å². The standard InChI is InChI=1S/C8H7BrN2O2/c1-11-6-2-4(9)5(10)3-7(6)13-8(11)12/h2-3H,10H2,1H3. The number of nitrogen functional groups attached to an aromatic ring is 1. The number of anilines is 1. The van der Waals surface area contributed by atoms with E-state index in [2.05, 4.69) is 15.9 Å². The third-order valence-corrected chi connectivity index (χ3v) is 2.60. The summed E-state index contributed by atoms with van der Waals surface area (Å²) in [6, 6.07) is 3.39. The van der Waals surface area contributed by atoms with E-state index < -0.39 is 0 Å². The second-order valence-corrected chi connectivity index (χ2v) is 3.62. The minimum Gasteiger partial charge on any atom is -0.408 e. The Morgan fingerprint density at radius 1 is 1.54 bits per heavy atom. The largest absolute Gasteiger partial charge is 0.419 e. The van der Waals surface area contributed by atoms with E-state index in [4.69, 9.17) is 10.2 Å². The predicted octanol–water partition coefficient (Wildman–Crippen LogP) is 1.48. The molecule has 1 aromatic carbocycles. The Morgan fingerprint density at radius 3 is 2.92 bits per heavy atom. The topological polar surface area (TPSA) is 61.2 Å². The average Bonchev–Trinajstić information content (AvgIpc) is 2.32. The molecule has 13 heavy (non-hydrogen) atoms. The van der Waals surface area contributed by atoms with Crippen molar-refractivity contribution < 1.29 is 4.42 Å². The van der Waals surface area contributed by atoms with E-state index in [1.54, 1.807) is 19.2 Å². The quantitative estimate of drug-likeness (QED) is 0.713. The van der Waals surface area contributed by atoms with Crippen molar-refractivity contribution in [1.29, 1.82) is 0 Å². The van der Waals surface area contributed by atoms with Crippen molar-refractivity contribution in [3.63, 3.8) is 0 Å². The number of aromatic nitrogens is 1. The lowest BCUT2D eigenvalue weighted by molar-refractivity contribution is 0.528. The van der Waals surface area contributed by atoms with Gasteiger partial charge in [0.15, 0.2) is 5.58 Å². The summed E-state index contributed by atoms with van der Waals surface area (Å²) in [4.78, 5) is 11.1. The second-order valence-electron chi connectivity index (χ2n) is 2.77. The molecule has 1 heterocycles. The van der Waals surface area contributed by atoms with Crippen LogP contribution in [0.1, 0.15) is 0 Å². The lowest BCUT2D eigenvalue weighted by Gasteiger charge is -1.97. The minimum absolute atomic E-state index is 0.382. The smallest absolute Gasteiger partial charge is 0.408 e. The number of aryl methyl sites for hydroxylation is 1. The summed E-state index contributed by atoms with van der Waals surface area (Å²) in [6.45, 7) is 0. The highest BCUT2D eigenvalue weighted by atomic mass is 79.9. The zero-order chi connectivity index (χ0) is 9.59. The highest BCUT2D eigenvalue weighted by Crippen LogP contribution is 2.25. The molecule has 0 aliphatic heterocycles. The number of hydrogen-bond acceptors (Lipinski definition) is 3. The van der Waals surface area contributed by atoms with Crippen molar-refractivity contribution in [3.8, 4) is 0 Å². The summed E-state index contributed by atoms with van der Waals surface area (Å²) < 4.78 is 7.13. The van der Waals surface area contributed by atoms with Crippen LogP contribution in [0.15, 0.2) is 25.8 Å². The van der Waals surface area contributed by atoms with E-state index in [1.807, 2.05) is 0 Å². The molecule has 0 aliphatic rings. The van der Waals surface area contributed by atoms with Crippen LogP contribution in [0.25, 0.3) is 11.1 Å².